The number of nitrogens with zero attached hydrogens (tertiary/aromatic N) is 2. The molecule has 1 aromatic heterocycles. The fourth-order valence-electron chi connectivity index (χ4n) is 1.55. The molecule has 0 saturated carbocycles. The third-order valence-corrected chi connectivity index (χ3v) is 4.36. The Morgan fingerprint density at radius 1 is 1.47 bits per heavy atom. The zero-order valence-corrected chi connectivity index (χ0v) is 12.2. The number of halogens is 1. The van der Waals surface area contributed by atoms with Gasteiger partial charge in [-0.1, -0.05) is 25.4 Å². The molecule has 0 saturated heterocycles. The molecule has 1 heterocycles. The van der Waals surface area contributed by atoms with Crippen LogP contribution in [0, 0.1) is 0 Å². The van der Waals surface area contributed by atoms with Gasteiger partial charge in [0, 0.05) is 42.4 Å². The van der Waals surface area contributed by atoms with Crippen molar-refractivity contribution in [1.82, 2.24) is 15.1 Å². The molecule has 0 aromatic carbocycles. The summed E-state index contributed by atoms with van der Waals surface area (Å²) in [6.45, 7) is 5.38. The van der Waals surface area contributed by atoms with Crippen molar-refractivity contribution in [2.45, 2.75) is 26.8 Å². The van der Waals surface area contributed by atoms with E-state index in [1.165, 1.54) is 0 Å². The fraction of sp³-hybridized carbons (Fsp3) is 0.727. The summed E-state index contributed by atoms with van der Waals surface area (Å²) < 4.78 is 13.0. The van der Waals surface area contributed by atoms with E-state index in [1.807, 2.05) is 25.6 Å². The van der Waals surface area contributed by atoms with Gasteiger partial charge in [0.2, 0.25) is 0 Å². The fourth-order valence-corrected chi connectivity index (χ4v) is 2.57. The maximum Gasteiger partial charge on any atom is 0.0863 e. The second kappa shape index (κ2) is 7.13. The second-order valence-corrected chi connectivity index (χ2v) is 6.04. The molecule has 0 aliphatic carbocycles. The molecule has 0 aliphatic rings. The number of hydrogen-bond acceptors (Lipinski definition) is 3. The van der Waals surface area contributed by atoms with E-state index in [0.717, 1.165) is 29.4 Å². The first-order valence-electron chi connectivity index (χ1n) is 5.86. The van der Waals surface area contributed by atoms with Crippen molar-refractivity contribution in [1.29, 1.82) is 0 Å². The van der Waals surface area contributed by atoms with Crippen LogP contribution in [-0.4, -0.2) is 32.0 Å². The molecule has 0 fully saturated rings. The highest BCUT2D eigenvalue weighted by molar-refractivity contribution is 7.84. The monoisotopic (exact) mass is 277 g/mol. The van der Waals surface area contributed by atoms with Crippen LogP contribution < -0.4 is 5.32 Å². The molecular weight excluding hydrogens is 258 g/mol. The van der Waals surface area contributed by atoms with Crippen LogP contribution in [0.5, 0.6) is 0 Å². The van der Waals surface area contributed by atoms with E-state index >= 15 is 0 Å². The van der Waals surface area contributed by atoms with E-state index in [4.69, 9.17) is 11.6 Å². The van der Waals surface area contributed by atoms with Crippen LogP contribution >= 0.6 is 11.6 Å². The van der Waals surface area contributed by atoms with E-state index < -0.39 is 10.8 Å². The van der Waals surface area contributed by atoms with E-state index in [0.29, 0.717) is 18.1 Å². The quantitative estimate of drug-likeness (QED) is 0.769. The van der Waals surface area contributed by atoms with Gasteiger partial charge in [-0.15, -0.1) is 0 Å². The molecule has 1 aromatic rings. The van der Waals surface area contributed by atoms with Crippen molar-refractivity contribution in [3.8, 4) is 0 Å². The summed E-state index contributed by atoms with van der Waals surface area (Å²) >= 11 is 6.22. The maximum atomic E-state index is 11.2. The number of rotatable bonds is 7. The Balaban J connectivity index is 2.46. The molecule has 1 rings (SSSR count). The van der Waals surface area contributed by atoms with E-state index in [-0.39, 0.29) is 0 Å². The smallest absolute Gasteiger partial charge is 0.0863 e. The Hall–Kier alpha value is -0.390. The van der Waals surface area contributed by atoms with Crippen molar-refractivity contribution in [2.24, 2.45) is 7.05 Å². The third-order valence-electron chi connectivity index (χ3n) is 2.62. The van der Waals surface area contributed by atoms with E-state index in [1.54, 1.807) is 0 Å². The van der Waals surface area contributed by atoms with Crippen LogP contribution in [0.4, 0.5) is 0 Å². The van der Waals surface area contributed by atoms with Crippen LogP contribution in [0.2, 0.25) is 5.02 Å². The summed E-state index contributed by atoms with van der Waals surface area (Å²) in [5, 5.41) is 8.34. The van der Waals surface area contributed by atoms with Gasteiger partial charge >= 0.3 is 0 Å². The summed E-state index contributed by atoms with van der Waals surface area (Å²) in [6, 6.07) is 0. The topological polar surface area (TPSA) is 46.9 Å². The predicted molar refractivity (Wildman–Crippen MR) is 72.9 cm³/mol. The lowest BCUT2D eigenvalue weighted by molar-refractivity contribution is 0.635. The lowest BCUT2D eigenvalue weighted by Gasteiger charge is -2.05. The minimum Gasteiger partial charge on any atom is -0.310 e. The zero-order valence-electron chi connectivity index (χ0n) is 10.6. The number of aromatic nitrogens is 2. The largest absolute Gasteiger partial charge is 0.310 e. The number of nitrogens with one attached hydrogen (secondary N) is 1. The van der Waals surface area contributed by atoms with Crippen LogP contribution in [0.1, 0.15) is 25.2 Å². The van der Waals surface area contributed by atoms with Gasteiger partial charge in [-0.2, -0.15) is 5.10 Å². The van der Waals surface area contributed by atoms with Gasteiger partial charge < -0.3 is 5.32 Å². The molecule has 1 N–H and O–H groups in total. The molecule has 1 unspecified atom stereocenters. The standard InChI is InChI=1S/C11H20ClN3OS/c1-4-9-11(12)10(15(3)14-9)8-13-6-7-17(16)5-2/h13H,4-8H2,1-3H3. The van der Waals surface area contributed by atoms with Crippen molar-refractivity contribution in [2.75, 3.05) is 18.1 Å². The van der Waals surface area contributed by atoms with Gasteiger partial charge in [-0.25, -0.2) is 0 Å². The molecule has 0 radical (unpaired) electrons. The van der Waals surface area contributed by atoms with Crippen LogP contribution in [0.15, 0.2) is 0 Å². The van der Waals surface area contributed by atoms with Crippen LogP contribution in [0.3, 0.4) is 0 Å². The van der Waals surface area contributed by atoms with Crippen molar-refractivity contribution < 1.29 is 4.21 Å². The van der Waals surface area contributed by atoms with Gasteiger partial charge in [-0.05, 0) is 6.42 Å². The van der Waals surface area contributed by atoms with Crippen molar-refractivity contribution in [3.05, 3.63) is 16.4 Å². The van der Waals surface area contributed by atoms with Crippen molar-refractivity contribution >= 4 is 22.4 Å². The second-order valence-electron chi connectivity index (χ2n) is 3.79. The first-order valence-corrected chi connectivity index (χ1v) is 7.72. The molecule has 0 aliphatic heterocycles. The summed E-state index contributed by atoms with van der Waals surface area (Å²) in [4.78, 5) is 0. The lowest BCUT2D eigenvalue weighted by Crippen LogP contribution is -2.22. The van der Waals surface area contributed by atoms with Gasteiger partial charge in [-0.3, -0.25) is 8.89 Å². The van der Waals surface area contributed by atoms with Crippen LogP contribution in [0.25, 0.3) is 0 Å². The zero-order chi connectivity index (χ0) is 12.8. The Morgan fingerprint density at radius 3 is 2.71 bits per heavy atom. The molecule has 0 spiro atoms. The molecule has 6 heteroatoms. The molecule has 98 valence electrons. The Labute approximate surface area is 110 Å². The molecule has 0 amide bonds. The van der Waals surface area contributed by atoms with Gasteiger partial charge in [0.25, 0.3) is 0 Å². The first-order chi connectivity index (χ1) is 8.10. The molecule has 4 nitrogen and oxygen atoms in total. The summed E-state index contributed by atoms with van der Waals surface area (Å²) in [5.74, 6) is 1.40. The molecule has 17 heavy (non-hydrogen) atoms. The minimum absolute atomic E-state index is 0.670. The van der Waals surface area contributed by atoms with Gasteiger partial charge in [0.15, 0.2) is 0 Å². The Bertz CT molecular complexity index is 392. The van der Waals surface area contributed by atoms with Crippen molar-refractivity contribution in [3.63, 3.8) is 0 Å². The Kier molecular flexibility index (Phi) is 6.16. The highest BCUT2D eigenvalue weighted by Crippen LogP contribution is 2.20. The number of hydrogen-bond donors (Lipinski definition) is 1. The highest BCUT2D eigenvalue weighted by atomic mass is 35.5. The average molecular weight is 278 g/mol. The normalized spacial score (nSPS) is 12.9. The predicted octanol–water partition coefficient (Wildman–Crippen LogP) is 1.49. The molecular formula is C11H20ClN3OS. The highest BCUT2D eigenvalue weighted by Gasteiger charge is 2.12. The van der Waals surface area contributed by atoms with E-state index in [9.17, 15) is 4.21 Å². The van der Waals surface area contributed by atoms with Gasteiger partial charge in [0.05, 0.1) is 16.4 Å². The summed E-state index contributed by atoms with van der Waals surface area (Å²) in [5.41, 5.74) is 1.92. The summed E-state index contributed by atoms with van der Waals surface area (Å²) in [7, 11) is 1.19. The van der Waals surface area contributed by atoms with Gasteiger partial charge in [0.1, 0.15) is 0 Å². The lowest BCUT2D eigenvalue weighted by atomic mass is 10.3. The average Bonchev–Trinajstić information content (AvgIpc) is 2.60. The third kappa shape index (κ3) is 4.08. The first kappa shape index (κ1) is 14.7. The molecule has 1 atom stereocenters. The van der Waals surface area contributed by atoms with Crippen LogP contribution in [-0.2, 0) is 30.8 Å². The number of aryl methyl sites for hydroxylation is 2. The maximum absolute atomic E-state index is 11.2. The summed E-state index contributed by atoms with van der Waals surface area (Å²) in [6.07, 6.45) is 0.840. The van der Waals surface area contributed by atoms with E-state index in [2.05, 4.69) is 10.4 Å². The Morgan fingerprint density at radius 2 is 2.18 bits per heavy atom. The molecule has 0 bridgehead atoms. The minimum atomic E-state index is -0.710. The SMILES string of the molecule is CCc1nn(C)c(CNCCS(=O)CC)c1Cl.